The van der Waals surface area contributed by atoms with Crippen LogP contribution in [0.1, 0.15) is 18.5 Å². The fraction of sp³-hybridized carbons (Fsp3) is 0.467. The van der Waals surface area contributed by atoms with E-state index in [4.69, 9.17) is 11.6 Å². The first kappa shape index (κ1) is 18.4. The Balaban J connectivity index is 1.61. The minimum absolute atomic E-state index is 0.0979. The van der Waals surface area contributed by atoms with Crippen molar-refractivity contribution in [3.05, 3.63) is 28.2 Å². The summed E-state index contributed by atoms with van der Waals surface area (Å²) in [5, 5.41) is 7.06. The third-order valence-electron chi connectivity index (χ3n) is 4.22. The molecule has 0 spiro atoms. The van der Waals surface area contributed by atoms with Crippen LogP contribution in [-0.2, 0) is 21.9 Å². The minimum atomic E-state index is -3.53. The lowest BCUT2D eigenvalue weighted by atomic mass is 9.97. The molecular formula is C15H19ClN4O3S2. The number of rotatable bonds is 4. The molecule has 1 aliphatic rings. The van der Waals surface area contributed by atoms with Gasteiger partial charge in [0.25, 0.3) is 10.0 Å². The number of hydrogen-bond acceptors (Lipinski definition) is 5. The summed E-state index contributed by atoms with van der Waals surface area (Å²) in [5.41, 5.74) is 0.827. The van der Waals surface area contributed by atoms with Crippen LogP contribution in [0.5, 0.6) is 0 Å². The predicted octanol–water partition coefficient (Wildman–Crippen LogP) is 2.48. The van der Waals surface area contributed by atoms with Gasteiger partial charge in [0.15, 0.2) is 0 Å². The molecule has 0 atom stereocenters. The normalized spacial score (nSPS) is 16.9. The number of amides is 1. The summed E-state index contributed by atoms with van der Waals surface area (Å²) in [6.07, 6.45) is 0.974. The summed E-state index contributed by atoms with van der Waals surface area (Å²) in [6.45, 7) is 2.50. The van der Waals surface area contributed by atoms with Crippen molar-refractivity contribution in [2.24, 2.45) is 13.0 Å². The molecule has 2 aromatic rings. The molecule has 3 heterocycles. The number of thiophene rings is 1. The Morgan fingerprint density at radius 1 is 1.36 bits per heavy atom. The van der Waals surface area contributed by atoms with Gasteiger partial charge < -0.3 is 5.32 Å². The maximum Gasteiger partial charge on any atom is 0.252 e. The fourth-order valence-corrected chi connectivity index (χ4v) is 5.98. The molecule has 25 heavy (non-hydrogen) atoms. The molecule has 1 fully saturated rings. The fourth-order valence-electron chi connectivity index (χ4n) is 2.88. The highest BCUT2D eigenvalue weighted by Gasteiger charge is 2.33. The van der Waals surface area contributed by atoms with Gasteiger partial charge in [-0.1, -0.05) is 11.6 Å². The minimum Gasteiger partial charge on any atom is -0.311 e. The lowest BCUT2D eigenvalue weighted by Crippen LogP contribution is -2.41. The van der Waals surface area contributed by atoms with Crippen molar-refractivity contribution in [3.8, 4) is 0 Å². The van der Waals surface area contributed by atoms with Crippen LogP contribution in [0, 0.1) is 12.8 Å². The van der Waals surface area contributed by atoms with Gasteiger partial charge in [-0.05, 0) is 31.9 Å². The van der Waals surface area contributed by atoms with Gasteiger partial charge in [-0.25, -0.2) is 8.42 Å². The standard InChI is InChI=1S/C15H19ClN4O3S2/c1-10-9-13(19(2)18-10)17-15(21)11-5-7-20(8-6-11)25(22,23)14-4-3-12(16)24-14/h3-4,9,11H,5-8H2,1-2H3,(H,17,21). The number of sulfonamides is 1. The molecule has 2 aromatic heterocycles. The number of aromatic nitrogens is 2. The van der Waals surface area contributed by atoms with Crippen LogP contribution in [-0.4, -0.2) is 41.5 Å². The number of carbonyl (C=O) groups is 1. The van der Waals surface area contributed by atoms with Gasteiger partial charge in [0.2, 0.25) is 5.91 Å². The molecule has 136 valence electrons. The average Bonchev–Trinajstić information content (AvgIpc) is 3.13. The van der Waals surface area contributed by atoms with E-state index < -0.39 is 10.0 Å². The lowest BCUT2D eigenvalue weighted by Gasteiger charge is -2.30. The van der Waals surface area contributed by atoms with Crippen molar-refractivity contribution in [1.82, 2.24) is 14.1 Å². The van der Waals surface area contributed by atoms with Crippen LogP contribution in [0.15, 0.2) is 22.4 Å². The number of anilines is 1. The number of piperidine rings is 1. The second-order valence-corrected chi connectivity index (χ2v) is 9.90. The van der Waals surface area contributed by atoms with Crippen LogP contribution >= 0.6 is 22.9 Å². The molecule has 1 saturated heterocycles. The summed E-state index contributed by atoms with van der Waals surface area (Å²) in [7, 11) is -1.76. The Hall–Kier alpha value is -1.42. The Morgan fingerprint density at radius 2 is 2.04 bits per heavy atom. The quantitative estimate of drug-likeness (QED) is 0.851. The first-order valence-corrected chi connectivity index (χ1v) is 10.5. The van der Waals surface area contributed by atoms with Gasteiger partial charge in [-0.2, -0.15) is 9.40 Å². The molecular weight excluding hydrogens is 384 g/mol. The van der Waals surface area contributed by atoms with Crippen molar-refractivity contribution in [2.45, 2.75) is 24.0 Å². The van der Waals surface area contributed by atoms with Gasteiger partial charge in [0.05, 0.1) is 10.0 Å². The highest BCUT2D eigenvalue weighted by Crippen LogP contribution is 2.30. The molecule has 7 nitrogen and oxygen atoms in total. The smallest absolute Gasteiger partial charge is 0.252 e. The molecule has 0 aliphatic carbocycles. The zero-order chi connectivity index (χ0) is 18.2. The highest BCUT2D eigenvalue weighted by molar-refractivity contribution is 7.91. The molecule has 10 heteroatoms. The van der Waals surface area contributed by atoms with Crippen molar-refractivity contribution < 1.29 is 13.2 Å². The topological polar surface area (TPSA) is 84.3 Å². The van der Waals surface area contributed by atoms with E-state index in [0.717, 1.165) is 17.0 Å². The van der Waals surface area contributed by atoms with E-state index in [0.29, 0.717) is 36.1 Å². The lowest BCUT2D eigenvalue weighted by molar-refractivity contribution is -0.121. The number of nitrogens with one attached hydrogen (secondary N) is 1. The van der Waals surface area contributed by atoms with Crippen LogP contribution in [0.2, 0.25) is 4.34 Å². The van der Waals surface area contributed by atoms with Crippen molar-refractivity contribution in [3.63, 3.8) is 0 Å². The Bertz CT molecular complexity index is 882. The molecule has 1 amide bonds. The van der Waals surface area contributed by atoms with E-state index in [1.165, 1.54) is 10.4 Å². The summed E-state index contributed by atoms with van der Waals surface area (Å²) in [5.74, 6) is 0.332. The summed E-state index contributed by atoms with van der Waals surface area (Å²) < 4.78 is 28.9. The molecule has 0 radical (unpaired) electrons. The number of nitrogens with zero attached hydrogens (tertiary/aromatic N) is 3. The Morgan fingerprint density at radius 3 is 2.56 bits per heavy atom. The second-order valence-electron chi connectivity index (χ2n) is 6.02. The molecule has 0 bridgehead atoms. The summed E-state index contributed by atoms with van der Waals surface area (Å²) in [4.78, 5) is 12.4. The molecule has 1 N–H and O–H groups in total. The average molecular weight is 403 g/mol. The molecule has 0 saturated carbocycles. The third-order valence-corrected chi connectivity index (χ3v) is 7.82. The number of aryl methyl sites for hydroxylation is 2. The van der Waals surface area contributed by atoms with Crippen LogP contribution in [0.25, 0.3) is 0 Å². The first-order valence-electron chi connectivity index (χ1n) is 7.84. The summed E-state index contributed by atoms with van der Waals surface area (Å²) >= 11 is 6.89. The maximum atomic E-state index is 12.6. The van der Waals surface area contributed by atoms with Crippen LogP contribution in [0.3, 0.4) is 0 Å². The summed E-state index contributed by atoms with van der Waals surface area (Å²) in [6, 6.07) is 4.90. The van der Waals surface area contributed by atoms with Crippen molar-refractivity contribution >= 4 is 44.7 Å². The number of carbonyl (C=O) groups excluding carboxylic acids is 1. The Labute approximate surface area is 155 Å². The van der Waals surface area contributed by atoms with Gasteiger partial charge in [0.1, 0.15) is 10.0 Å². The number of halogens is 1. The van der Waals surface area contributed by atoms with Gasteiger partial charge >= 0.3 is 0 Å². The molecule has 0 unspecified atom stereocenters. The van der Waals surface area contributed by atoms with Crippen molar-refractivity contribution in [2.75, 3.05) is 18.4 Å². The molecule has 3 rings (SSSR count). The third kappa shape index (κ3) is 3.89. The van der Waals surface area contributed by atoms with E-state index >= 15 is 0 Å². The highest BCUT2D eigenvalue weighted by atomic mass is 35.5. The van der Waals surface area contributed by atoms with E-state index in [-0.39, 0.29) is 16.0 Å². The molecule has 1 aliphatic heterocycles. The van der Waals surface area contributed by atoms with E-state index in [1.54, 1.807) is 23.9 Å². The molecule has 0 aromatic carbocycles. The van der Waals surface area contributed by atoms with Gasteiger partial charge in [0, 0.05) is 32.1 Å². The van der Waals surface area contributed by atoms with Crippen LogP contribution in [0.4, 0.5) is 5.82 Å². The monoisotopic (exact) mass is 402 g/mol. The van der Waals surface area contributed by atoms with E-state index in [9.17, 15) is 13.2 Å². The predicted molar refractivity (Wildman–Crippen MR) is 97.4 cm³/mol. The second kappa shape index (κ2) is 7.06. The van der Waals surface area contributed by atoms with Gasteiger partial charge in [-0.15, -0.1) is 11.3 Å². The SMILES string of the molecule is Cc1cc(NC(=O)C2CCN(S(=O)(=O)c3ccc(Cl)s3)CC2)n(C)n1. The first-order chi connectivity index (χ1) is 11.8. The van der Waals surface area contributed by atoms with Crippen LogP contribution < -0.4 is 5.32 Å². The zero-order valence-electron chi connectivity index (χ0n) is 13.9. The Kier molecular flexibility index (Phi) is 5.19. The zero-order valence-corrected chi connectivity index (χ0v) is 16.3. The number of hydrogen-bond donors (Lipinski definition) is 1. The van der Waals surface area contributed by atoms with Gasteiger partial charge in [-0.3, -0.25) is 9.48 Å². The van der Waals surface area contributed by atoms with Crippen molar-refractivity contribution in [1.29, 1.82) is 0 Å². The van der Waals surface area contributed by atoms with E-state index in [1.807, 2.05) is 6.92 Å². The maximum absolute atomic E-state index is 12.6. The largest absolute Gasteiger partial charge is 0.311 e. The van der Waals surface area contributed by atoms with E-state index in [2.05, 4.69) is 10.4 Å².